The van der Waals surface area contributed by atoms with Gasteiger partial charge in [0.25, 0.3) is 0 Å². The first-order valence-corrected chi connectivity index (χ1v) is 8.28. The highest BCUT2D eigenvalue weighted by Gasteiger charge is 2.10. The van der Waals surface area contributed by atoms with Gasteiger partial charge in [0.05, 0.1) is 19.2 Å². The van der Waals surface area contributed by atoms with E-state index in [-0.39, 0.29) is 12.3 Å². The predicted molar refractivity (Wildman–Crippen MR) is 88.5 cm³/mol. The molecule has 0 saturated heterocycles. The number of anilines is 1. The molecule has 0 unspecified atom stereocenters. The summed E-state index contributed by atoms with van der Waals surface area (Å²) in [5.41, 5.74) is 1.73. The summed E-state index contributed by atoms with van der Waals surface area (Å²) in [7, 11) is 1.63. The molecule has 2 heterocycles. The average Bonchev–Trinajstić information content (AvgIpc) is 3.19. The summed E-state index contributed by atoms with van der Waals surface area (Å²) in [5, 5.41) is 7.94. The Balaban J connectivity index is 1.69. The Labute approximate surface area is 135 Å². The molecule has 112 valence electrons. The SMILES string of the molecule is COc1cccc(-c2nc(CC(=O)Nc3nccs3)cs2)c1. The summed E-state index contributed by atoms with van der Waals surface area (Å²) in [6.45, 7) is 0. The van der Waals surface area contributed by atoms with E-state index in [9.17, 15) is 4.79 Å². The zero-order chi connectivity index (χ0) is 15.4. The van der Waals surface area contributed by atoms with Crippen molar-refractivity contribution in [1.82, 2.24) is 9.97 Å². The lowest BCUT2D eigenvalue weighted by Gasteiger charge is -2.01. The number of ether oxygens (including phenoxy) is 1. The fourth-order valence-corrected chi connectivity index (χ4v) is 3.25. The number of thiazole rings is 2. The van der Waals surface area contributed by atoms with Crippen molar-refractivity contribution in [3.05, 3.63) is 46.9 Å². The van der Waals surface area contributed by atoms with Gasteiger partial charge in [-0.3, -0.25) is 4.79 Å². The lowest BCUT2D eigenvalue weighted by Crippen LogP contribution is -2.14. The molecular formula is C15H13N3O2S2. The molecule has 1 amide bonds. The summed E-state index contributed by atoms with van der Waals surface area (Å²) in [6, 6.07) is 7.71. The average molecular weight is 331 g/mol. The van der Waals surface area contributed by atoms with Crippen molar-refractivity contribution in [2.45, 2.75) is 6.42 Å². The summed E-state index contributed by atoms with van der Waals surface area (Å²) < 4.78 is 5.21. The molecule has 3 rings (SSSR count). The molecule has 0 aliphatic rings. The zero-order valence-corrected chi connectivity index (χ0v) is 13.4. The second-order valence-corrected chi connectivity index (χ2v) is 6.19. The number of benzene rings is 1. The van der Waals surface area contributed by atoms with Crippen LogP contribution in [0.2, 0.25) is 0 Å². The highest BCUT2D eigenvalue weighted by Crippen LogP contribution is 2.27. The smallest absolute Gasteiger partial charge is 0.232 e. The van der Waals surface area contributed by atoms with Gasteiger partial charge in [0.1, 0.15) is 10.8 Å². The van der Waals surface area contributed by atoms with Crippen LogP contribution >= 0.6 is 22.7 Å². The van der Waals surface area contributed by atoms with Crippen LogP contribution < -0.4 is 10.1 Å². The van der Waals surface area contributed by atoms with Gasteiger partial charge in [0.15, 0.2) is 5.13 Å². The number of hydrogen-bond donors (Lipinski definition) is 1. The van der Waals surface area contributed by atoms with Crippen molar-refractivity contribution >= 4 is 33.7 Å². The van der Waals surface area contributed by atoms with Crippen molar-refractivity contribution in [1.29, 1.82) is 0 Å². The van der Waals surface area contributed by atoms with Gasteiger partial charge in [-0.15, -0.1) is 22.7 Å². The van der Waals surface area contributed by atoms with E-state index >= 15 is 0 Å². The summed E-state index contributed by atoms with van der Waals surface area (Å²) in [4.78, 5) is 20.5. The van der Waals surface area contributed by atoms with Gasteiger partial charge in [0.2, 0.25) is 5.91 Å². The molecule has 7 heteroatoms. The molecule has 0 aliphatic heterocycles. The fraction of sp³-hybridized carbons (Fsp3) is 0.133. The van der Waals surface area contributed by atoms with Crippen LogP contribution in [-0.2, 0) is 11.2 Å². The highest BCUT2D eigenvalue weighted by molar-refractivity contribution is 7.13. The van der Waals surface area contributed by atoms with Gasteiger partial charge in [0, 0.05) is 22.5 Å². The summed E-state index contributed by atoms with van der Waals surface area (Å²) in [5.74, 6) is 0.674. The van der Waals surface area contributed by atoms with Crippen LogP contribution in [-0.4, -0.2) is 23.0 Å². The molecule has 0 bridgehead atoms. The van der Waals surface area contributed by atoms with Crippen LogP contribution in [0.4, 0.5) is 5.13 Å². The summed E-state index contributed by atoms with van der Waals surface area (Å²) >= 11 is 2.91. The maximum absolute atomic E-state index is 11.9. The molecule has 0 atom stereocenters. The Kier molecular flexibility index (Phi) is 4.45. The lowest BCUT2D eigenvalue weighted by molar-refractivity contribution is -0.115. The van der Waals surface area contributed by atoms with Crippen molar-refractivity contribution in [3.8, 4) is 16.3 Å². The zero-order valence-electron chi connectivity index (χ0n) is 11.8. The number of hydrogen-bond acceptors (Lipinski definition) is 6. The largest absolute Gasteiger partial charge is 0.497 e. The third kappa shape index (κ3) is 3.49. The maximum Gasteiger partial charge on any atom is 0.232 e. The molecular weight excluding hydrogens is 318 g/mol. The Hall–Kier alpha value is -2.25. The van der Waals surface area contributed by atoms with Crippen molar-refractivity contribution < 1.29 is 9.53 Å². The third-order valence-corrected chi connectivity index (χ3v) is 4.52. The van der Waals surface area contributed by atoms with Gasteiger partial charge in [-0.1, -0.05) is 12.1 Å². The van der Waals surface area contributed by atoms with E-state index in [4.69, 9.17) is 4.74 Å². The topological polar surface area (TPSA) is 64.1 Å². The third-order valence-electron chi connectivity index (χ3n) is 2.89. The van der Waals surface area contributed by atoms with E-state index in [0.717, 1.165) is 22.0 Å². The first kappa shape index (κ1) is 14.7. The predicted octanol–water partition coefficient (Wildman–Crippen LogP) is 3.46. The molecule has 1 aromatic carbocycles. The molecule has 22 heavy (non-hydrogen) atoms. The van der Waals surface area contributed by atoms with E-state index in [1.54, 1.807) is 13.3 Å². The van der Waals surface area contributed by atoms with Crippen LogP contribution in [0.15, 0.2) is 41.2 Å². The second kappa shape index (κ2) is 6.67. The minimum Gasteiger partial charge on any atom is -0.497 e. The van der Waals surface area contributed by atoms with E-state index in [1.165, 1.54) is 22.7 Å². The maximum atomic E-state index is 11.9. The molecule has 1 N–H and O–H groups in total. The quantitative estimate of drug-likeness (QED) is 0.778. The molecule has 0 radical (unpaired) electrons. The second-order valence-electron chi connectivity index (χ2n) is 4.44. The monoisotopic (exact) mass is 331 g/mol. The van der Waals surface area contributed by atoms with Gasteiger partial charge < -0.3 is 10.1 Å². The standard InChI is InChI=1S/C15H13N3O2S2/c1-20-12-4-2-3-10(7-12)14-17-11(9-22-14)8-13(19)18-15-16-5-6-21-15/h2-7,9H,8H2,1H3,(H,16,18,19). The molecule has 5 nitrogen and oxygen atoms in total. The molecule has 0 spiro atoms. The van der Waals surface area contributed by atoms with Gasteiger partial charge in [-0.25, -0.2) is 9.97 Å². The number of aromatic nitrogens is 2. The molecule has 0 saturated carbocycles. The van der Waals surface area contributed by atoms with Crippen molar-refractivity contribution in [3.63, 3.8) is 0 Å². The Morgan fingerprint density at radius 3 is 3.05 bits per heavy atom. The minimum absolute atomic E-state index is 0.113. The molecule has 2 aromatic heterocycles. The number of carbonyl (C=O) groups is 1. The highest BCUT2D eigenvalue weighted by atomic mass is 32.1. The molecule has 0 fully saturated rings. The first-order chi connectivity index (χ1) is 10.7. The van der Waals surface area contributed by atoms with Gasteiger partial charge in [-0.2, -0.15) is 0 Å². The van der Waals surface area contributed by atoms with E-state index in [1.807, 2.05) is 35.0 Å². The van der Waals surface area contributed by atoms with E-state index < -0.39 is 0 Å². The van der Waals surface area contributed by atoms with Crippen LogP contribution in [0.1, 0.15) is 5.69 Å². The van der Waals surface area contributed by atoms with Crippen LogP contribution in [0.3, 0.4) is 0 Å². The van der Waals surface area contributed by atoms with Crippen LogP contribution in [0.5, 0.6) is 5.75 Å². The lowest BCUT2D eigenvalue weighted by atomic mass is 10.2. The van der Waals surface area contributed by atoms with Gasteiger partial charge in [-0.05, 0) is 12.1 Å². The summed E-state index contributed by atoms with van der Waals surface area (Å²) in [6.07, 6.45) is 1.89. The molecule has 3 aromatic rings. The number of nitrogens with one attached hydrogen (secondary N) is 1. The first-order valence-electron chi connectivity index (χ1n) is 6.53. The Morgan fingerprint density at radius 1 is 1.36 bits per heavy atom. The normalized spacial score (nSPS) is 10.4. The van der Waals surface area contributed by atoms with Gasteiger partial charge >= 0.3 is 0 Å². The Morgan fingerprint density at radius 2 is 2.27 bits per heavy atom. The number of methoxy groups -OCH3 is 1. The van der Waals surface area contributed by atoms with Crippen LogP contribution in [0, 0.1) is 0 Å². The van der Waals surface area contributed by atoms with E-state index in [0.29, 0.717) is 5.13 Å². The van der Waals surface area contributed by atoms with E-state index in [2.05, 4.69) is 15.3 Å². The fourth-order valence-electron chi connectivity index (χ4n) is 1.89. The molecule has 0 aliphatic carbocycles. The number of amides is 1. The van der Waals surface area contributed by atoms with Crippen molar-refractivity contribution in [2.24, 2.45) is 0 Å². The van der Waals surface area contributed by atoms with Crippen LogP contribution in [0.25, 0.3) is 10.6 Å². The minimum atomic E-state index is -0.113. The Bertz CT molecular complexity index is 769. The number of carbonyl (C=O) groups excluding carboxylic acids is 1. The van der Waals surface area contributed by atoms with Crippen molar-refractivity contribution in [2.75, 3.05) is 12.4 Å². The number of rotatable bonds is 5. The number of nitrogens with zero attached hydrogens (tertiary/aromatic N) is 2.